The van der Waals surface area contributed by atoms with Gasteiger partial charge in [-0.2, -0.15) is 0 Å². The van der Waals surface area contributed by atoms with E-state index in [4.69, 9.17) is 14.3 Å². The molecule has 3 aromatic rings. The maximum Gasteiger partial charge on any atom is 0.414 e. The number of aliphatic carboxylic acids is 1. The monoisotopic (exact) mass is 480 g/mol. The van der Waals surface area contributed by atoms with Gasteiger partial charge in [0.2, 0.25) is 0 Å². The van der Waals surface area contributed by atoms with Crippen LogP contribution in [0.1, 0.15) is 52.2 Å². The molecule has 0 saturated heterocycles. The molecule has 3 rings (SSSR count). The average molecular weight is 481 g/mol. The summed E-state index contributed by atoms with van der Waals surface area (Å²) < 4.78 is 11.6. The summed E-state index contributed by atoms with van der Waals surface area (Å²) in [5.74, 6) is -0.0627. The zero-order chi connectivity index (χ0) is 25.4. The van der Waals surface area contributed by atoms with Crippen LogP contribution in [0.5, 0.6) is 6.08 Å². The molecule has 1 heterocycles. The number of hydrogen-bond acceptors (Lipinski definition) is 7. The molecule has 0 aliphatic rings. The van der Waals surface area contributed by atoms with Crippen LogP contribution in [0.15, 0.2) is 52.9 Å². The fourth-order valence-corrected chi connectivity index (χ4v) is 3.42. The van der Waals surface area contributed by atoms with E-state index < -0.39 is 5.97 Å². The van der Waals surface area contributed by atoms with Crippen molar-refractivity contribution in [3.8, 4) is 17.5 Å². The largest absolute Gasteiger partial charge is 0.481 e. The van der Waals surface area contributed by atoms with Crippen molar-refractivity contribution in [2.24, 2.45) is 5.92 Å². The lowest BCUT2D eigenvalue weighted by Gasteiger charge is -2.23. The van der Waals surface area contributed by atoms with Gasteiger partial charge in [-0.25, -0.2) is 0 Å². The Hall–Kier alpha value is -3.39. The van der Waals surface area contributed by atoms with E-state index in [0.717, 1.165) is 16.8 Å². The van der Waals surface area contributed by atoms with Gasteiger partial charge < -0.3 is 24.9 Å². The summed E-state index contributed by atoms with van der Waals surface area (Å²) in [4.78, 5) is 10.6. The Kier molecular flexibility index (Phi) is 8.87. The molecule has 8 heteroatoms. The Morgan fingerprint density at radius 2 is 1.74 bits per heavy atom. The fraction of sp³-hybridized carbons (Fsp3) is 0.444. The van der Waals surface area contributed by atoms with E-state index in [9.17, 15) is 4.79 Å². The summed E-state index contributed by atoms with van der Waals surface area (Å²) >= 11 is 0. The second-order valence-electron chi connectivity index (χ2n) is 10.0. The highest BCUT2D eigenvalue weighted by atomic mass is 16.6. The van der Waals surface area contributed by atoms with Crippen LogP contribution in [0, 0.1) is 5.92 Å². The lowest BCUT2D eigenvalue weighted by atomic mass is 9.87. The molecule has 35 heavy (non-hydrogen) atoms. The van der Waals surface area contributed by atoms with Crippen LogP contribution in [0.3, 0.4) is 0 Å². The highest BCUT2D eigenvalue weighted by Gasteiger charge is 2.18. The Morgan fingerprint density at radius 3 is 2.34 bits per heavy atom. The van der Waals surface area contributed by atoms with Gasteiger partial charge in [0.1, 0.15) is 6.61 Å². The van der Waals surface area contributed by atoms with Gasteiger partial charge in [0.05, 0.1) is 12.5 Å². The van der Waals surface area contributed by atoms with E-state index in [-0.39, 0.29) is 24.0 Å². The second kappa shape index (κ2) is 11.8. The molecule has 1 aromatic heterocycles. The van der Waals surface area contributed by atoms with Gasteiger partial charge in [0.25, 0.3) is 5.89 Å². The summed E-state index contributed by atoms with van der Waals surface area (Å²) in [6.45, 7) is 12.2. The van der Waals surface area contributed by atoms with E-state index in [1.54, 1.807) is 0 Å². The van der Waals surface area contributed by atoms with Crippen molar-refractivity contribution in [3.63, 3.8) is 0 Å². The molecule has 0 aliphatic carbocycles. The number of benzene rings is 2. The Morgan fingerprint density at radius 1 is 1.06 bits per heavy atom. The topological polar surface area (TPSA) is 110 Å². The van der Waals surface area contributed by atoms with E-state index in [2.05, 4.69) is 67.6 Å². The van der Waals surface area contributed by atoms with Crippen LogP contribution >= 0.6 is 0 Å². The molecule has 3 N–H and O–H groups in total. The van der Waals surface area contributed by atoms with Crippen LogP contribution in [0.25, 0.3) is 11.5 Å². The standard InChI is InChI=1S/C27H36N4O4/c1-18(2)23(29-22-12-6-19(7-13-22)16-28-15-14-24(32)33)17-34-26-31-30-25(35-26)20-8-10-21(11-9-20)27(3,4)5/h6-13,18,23,28-29H,14-17H2,1-5H3,(H,32,33)/t23-/m1/s1. The average Bonchev–Trinajstić information content (AvgIpc) is 3.28. The zero-order valence-electron chi connectivity index (χ0n) is 21.2. The minimum absolute atomic E-state index is 0.0379. The van der Waals surface area contributed by atoms with Crippen LogP contribution in [-0.4, -0.2) is 40.5 Å². The lowest BCUT2D eigenvalue weighted by Crippen LogP contribution is -2.32. The molecule has 0 spiro atoms. The Labute approximate surface area is 207 Å². The molecule has 0 amide bonds. The zero-order valence-corrected chi connectivity index (χ0v) is 21.2. The van der Waals surface area contributed by atoms with Crippen LogP contribution < -0.4 is 15.4 Å². The minimum Gasteiger partial charge on any atom is -0.481 e. The Balaban J connectivity index is 1.53. The van der Waals surface area contributed by atoms with Gasteiger partial charge in [0, 0.05) is 24.3 Å². The first-order valence-electron chi connectivity index (χ1n) is 12.0. The predicted octanol–water partition coefficient (Wildman–Crippen LogP) is 5.11. The Bertz CT molecular complexity index is 1070. The van der Waals surface area contributed by atoms with Gasteiger partial charge in [-0.3, -0.25) is 4.79 Å². The number of anilines is 1. The number of carbonyl (C=O) groups is 1. The summed E-state index contributed by atoms with van der Waals surface area (Å²) in [7, 11) is 0. The van der Waals surface area contributed by atoms with Gasteiger partial charge in [-0.15, -0.1) is 5.10 Å². The number of nitrogens with zero attached hydrogens (tertiary/aromatic N) is 2. The van der Waals surface area contributed by atoms with E-state index in [0.29, 0.717) is 31.5 Å². The number of carboxylic acids is 1. The normalized spacial score (nSPS) is 12.5. The summed E-state index contributed by atoms with van der Waals surface area (Å²) in [6.07, 6.45) is 0.260. The highest BCUT2D eigenvalue weighted by Crippen LogP contribution is 2.26. The second-order valence-corrected chi connectivity index (χ2v) is 10.0. The fourth-order valence-electron chi connectivity index (χ4n) is 3.42. The molecule has 1 atom stereocenters. The molecule has 188 valence electrons. The van der Waals surface area contributed by atoms with Crippen LogP contribution in [-0.2, 0) is 16.8 Å². The molecule has 0 aliphatic heterocycles. The van der Waals surface area contributed by atoms with Crippen molar-refractivity contribution in [3.05, 3.63) is 59.7 Å². The number of aromatic nitrogens is 2. The van der Waals surface area contributed by atoms with Crippen molar-refractivity contribution < 1.29 is 19.1 Å². The summed E-state index contributed by atoms with van der Waals surface area (Å²) in [6, 6.07) is 16.2. The third-order valence-electron chi connectivity index (χ3n) is 5.75. The van der Waals surface area contributed by atoms with Crippen molar-refractivity contribution in [1.29, 1.82) is 0 Å². The minimum atomic E-state index is -0.800. The van der Waals surface area contributed by atoms with E-state index in [1.165, 1.54) is 5.56 Å². The van der Waals surface area contributed by atoms with Crippen LogP contribution in [0.4, 0.5) is 5.69 Å². The number of nitrogens with one attached hydrogen (secondary N) is 2. The molecule has 0 saturated carbocycles. The smallest absolute Gasteiger partial charge is 0.414 e. The van der Waals surface area contributed by atoms with Gasteiger partial charge in [-0.1, -0.05) is 64.0 Å². The first-order valence-corrected chi connectivity index (χ1v) is 12.0. The first kappa shape index (κ1) is 26.2. The maximum absolute atomic E-state index is 10.6. The van der Waals surface area contributed by atoms with E-state index >= 15 is 0 Å². The van der Waals surface area contributed by atoms with Crippen molar-refractivity contribution in [2.75, 3.05) is 18.5 Å². The SMILES string of the molecule is CC(C)[C@@H](COc1nnc(-c2ccc(C(C)(C)C)cc2)o1)Nc1ccc(CNCCC(=O)O)cc1. The van der Waals surface area contributed by atoms with Gasteiger partial charge in [0.15, 0.2) is 0 Å². The van der Waals surface area contributed by atoms with Crippen molar-refractivity contribution in [1.82, 2.24) is 15.5 Å². The van der Waals surface area contributed by atoms with Crippen molar-refractivity contribution in [2.45, 2.75) is 59.0 Å². The number of ether oxygens (including phenoxy) is 1. The molecule has 8 nitrogen and oxygen atoms in total. The number of hydrogen-bond donors (Lipinski definition) is 3. The molecule has 2 aromatic carbocycles. The van der Waals surface area contributed by atoms with Gasteiger partial charge in [-0.05, 0) is 46.7 Å². The number of rotatable bonds is 12. The maximum atomic E-state index is 10.6. The van der Waals surface area contributed by atoms with Crippen LogP contribution in [0.2, 0.25) is 0 Å². The van der Waals surface area contributed by atoms with E-state index in [1.807, 2.05) is 36.4 Å². The third-order valence-corrected chi connectivity index (χ3v) is 5.75. The first-order chi connectivity index (χ1) is 16.6. The molecule has 0 unspecified atom stereocenters. The molecule has 0 radical (unpaired) electrons. The lowest BCUT2D eigenvalue weighted by molar-refractivity contribution is -0.136. The summed E-state index contributed by atoms with van der Waals surface area (Å²) in [5.41, 5.74) is 4.25. The predicted molar refractivity (Wildman–Crippen MR) is 137 cm³/mol. The highest BCUT2D eigenvalue weighted by molar-refractivity contribution is 5.66. The molecule has 0 bridgehead atoms. The number of carboxylic acid groups (broad SMARTS) is 1. The summed E-state index contributed by atoms with van der Waals surface area (Å²) in [5, 5.41) is 23.5. The molecular formula is C27H36N4O4. The third kappa shape index (κ3) is 8.10. The van der Waals surface area contributed by atoms with Gasteiger partial charge >= 0.3 is 12.0 Å². The van der Waals surface area contributed by atoms with Crippen molar-refractivity contribution >= 4 is 11.7 Å². The molecular weight excluding hydrogens is 444 g/mol. The molecule has 0 fully saturated rings. The quantitative estimate of drug-likeness (QED) is 0.307.